The summed E-state index contributed by atoms with van der Waals surface area (Å²) in [5.41, 5.74) is 2.07. The monoisotopic (exact) mass is 335 g/mol. The van der Waals surface area contributed by atoms with E-state index in [1.807, 2.05) is 47.6 Å². The molecule has 0 fully saturated rings. The summed E-state index contributed by atoms with van der Waals surface area (Å²) in [6.07, 6.45) is 1.19. The molecule has 0 N–H and O–H groups in total. The van der Waals surface area contributed by atoms with Crippen molar-refractivity contribution in [2.24, 2.45) is 5.92 Å². The van der Waals surface area contributed by atoms with Gasteiger partial charge < -0.3 is 4.74 Å². The van der Waals surface area contributed by atoms with Crippen molar-refractivity contribution in [2.75, 3.05) is 13.3 Å². The van der Waals surface area contributed by atoms with Gasteiger partial charge in [-0.25, -0.2) is 12.7 Å². The second kappa shape index (κ2) is 5.25. The van der Waals surface area contributed by atoms with Gasteiger partial charge >= 0.3 is 0 Å². The molecule has 0 bridgehead atoms. The maximum Gasteiger partial charge on any atom is 0.211 e. The van der Waals surface area contributed by atoms with Gasteiger partial charge in [0.15, 0.2) is 0 Å². The molecule has 2 radical (unpaired) electrons. The van der Waals surface area contributed by atoms with Gasteiger partial charge in [0.05, 0.1) is 6.26 Å². The van der Waals surface area contributed by atoms with Gasteiger partial charge in [0, 0.05) is 24.0 Å². The summed E-state index contributed by atoms with van der Waals surface area (Å²) in [5.74, 6) is 0.478. The highest BCUT2D eigenvalue weighted by Gasteiger charge is 2.53. The van der Waals surface area contributed by atoms with Crippen LogP contribution < -0.4 is 4.74 Å². The Bertz CT molecular complexity index is 758. The number of rotatable bonds is 2. The second-order valence-corrected chi connectivity index (χ2v) is 9.34. The van der Waals surface area contributed by atoms with Crippen LogP contribution in [0.25, 0.3) is 0 Å². The van der Waals surface area contributed by atoms with Crippen molar-refractivity contribution in [3.05, 3.63) is 28.3 Å². The van der Waals surface area contributed by atoms with Crippen LogP contribution in [0, 0.1) is 26.7 Å². The number of hydrogen-bond donors (Lipinski definition) is 0. The summed E-state index contributed by atoms with van der Waals surface area (Å²) < 4.78 is 32.1. The van der Waals surface area contributed by atoms with E-state index in [0.29, 0.717) is 5.75 Å². The first-order valence-corrected chi connectivity index (χ1v) is 9.62. The highest BCUT2D eigenvalue weighted by atomic mass is 32.2. The first-order chi connectivity index (χ1) is 10.2. The number of ether oxygens (including phenoxy) is 1. The number of aryl methyl sites for hydroxylation is 2. The predicted molar refractivity (Wildman–Crippen MR) is 94.6 cm³/mol. The number of sulfonamides is 1. The summed E-state index contributed by atoms with van der Waals surface area (Å²) in [6, 6.07) is 2.04. The van der Waals surface area contributed by atoms with Crippen LogP contribution in [0.15, 0.2) is 6.07 Å². The van der Waals surface area contributed by atoms with Crippen LogP contribution in [0.2, 0.25) is 0 Å². The van der Waals surface area contributed by atoms with Gasteiger partial charge in [-0.05, 0) is 51.3 Å². The number of hydrogen-bond acceptors (Lipinski definition) is 3. The van der Waals surface area contributed by atoms with Crippen molar-refractivity contribution in [1.29, 1.82) is 0 Å². The highest BCUT2D eigenvalue weighted by Crippen LogP contribution is 2.52. The Kier molecular flexibility index (Phi) is 4.18. The van der Waals surface area contributed by atoms with Crippen molar-refractivity contribution in [2.45, 2.75) is 52.6 Å². The van der Waals surface area contributed by atoms with Crippen LogP contribution in [0.3, 0.4) is 0 Å². The summed E-state index contributed by atoms with van der Waals surface area (Å²) in [6.45, 7) is 11.8. The van der Waals surface area contributed by atoms with Gasteiger partial charge in [0.2, 0.25) is 10.0 Å². The molecule has 1 heterocycles. The van der Waals surface area contributed by atoms with Gasteiger partial charge in [0.25, 0.3) is 0 Å². The fraction of sp³-hybridized carbons (Fsp3) is 0.647. The molecule has 0 spiro atoms. The third-order valence-electron chi connectivity index (χ3n) is 5.47. The van der Waals surface area contributed by atoms with Gasteiger partial charge in [-0.1, -0.05) is 13.0 Å². The largest absolute Gasteiger partial charge is 0.487 e. The Balaban J connectivity index is 2.91. The van der Waals surface area contributed by atoms with E-state index in [-0.39, 0.29) is 5.92 Å². The zero-order valence-corrected chi connectivity index (χ0v) is 16.1. The van der Waals surface area contributed by atoms with E-state index in [1.54, 1.807) is 7.05 Å². The van der Waals surface area contributed by atoms with E-state index in [0.717, 1.165) is 22.3 Å². The lowest BCUT2D eigenvalue weighted by Crippen LogP contribution is -2.61. The molecule has 1 aliphatic rings. The molecule has 2 unspecified atom stereocenters. The maximum atomic E-state index is 12.3. The normalized spacial score (nSPS) is 26.7. The molecule has 1 aliphatic heterocycles. The van der Waals surface area contributed by atoms with Crippen LogP contribution in [0.4, 0.5) is 0 Å². The SMILES string of the molecule is [B]C1(N(C)S(C)(=O)=O)c2c(C)cc(C)c(C)c2OC(C)(C)C1C. The van der Waals surface area contributed by atoms with Gasteiger partial charge in [-0.15, -0.1) is 0 Å². The van der Waals surface area contributed by atoms with Crippen LogP contribution in [0.1, 0.15) is 43.0 Å². The van der Waals surface area contributed by atoms with Crippen molar-refractivity contribution in [1.82, 2.24) is 4.31 Å². The van der Waals surface area contributed by atoms with E-state index in [2.05, 4.69) is 0 Å². The molecule has 0 saturated carbocycles. The van der Waals surface area contributed by atoms with Gasteiger partial charge in [-0.3, -0.25) is 0 Å². The van der Waals surface area contributed by atoms with Crippen molar-refractivity contribution in [3.8, 4) is 5.75 Å². The molecule has 23 heavy (non-hydrogen) atoms. The highest BCUT2D eigenvalue weighted by molar-refractivity contribution is 7.88. The van der Waals surface area contributed by atoms with Crippen LogP contribution >= 0.6 is 0 Å². The molecule has 2 rings (SSSR count). The molecule has 1 aromatic rings. The molecule has 1 aromatic carbocycles. The van der Waals surface area contributed by atoms with E-state index < -0.39 is 21.1 Å². The molecule has 0 aromatic heterocycles. The van der Waals surface area contributed by atoms with Crippen molar-refractivity contribution in [3.63, 3.8) is 0 Å². The molecule has 4 nitrogen and oxygen atoms in total. The Morgan fingerprint density at radius 3 is 2.22 bits per heavy atom. The average Bonchev–Trinajstić information content (AvgIpc) is 2.39. The van der Waals surface area contributed by atoms with E-state index in [4.69, 9.17) is 12.6 Å². The lowest BCUT2D eigenvalue weighted by atomic mass is 9.57. The Morgan fingerprint density at radius 2 is 1.74 bits per heavy atom. The summed E-state index contributed by atoms with van der Waals surface area (Å²) in [5, 5.41) is 0. The van der Waals surface area contributed by atoms with Gasteiger partial charge in [-0.2, -0.15) is 0 Å². The third kappa shape index (κ3) is 2.60. The van der Waals surface area contributed by atoms with Crippen LogP contribution in [-0.4, -0.2) is 39.5 Å². The maximum absolute atomic E-state index is 12.3. The minimum Gasteiger partial charge on any atom is -0.487 e. The molecule has 0 amide bonds. The standard InChI is InChI=1S/C17H26BNO3S/c1-10-9-11(2)14-15(12(10)3)22-16(5,6)13(4)17(14,18)19(7)23(8,20)21/h9,13H,1-8H3. The summed E-state index contributed by atoms with van der Waals surface area (Å²) >= 11 is 0. The molecule has 2 atom stereocenters. The van der Waals surface area contributed by atoms with E-state index in [9.17, 15) is 8.42 Å². The number of nitrogens with zero attached hydrogens (tertiary/aromatic N) is 1. The molecular formula is C17H26BNO3S. The first kappa shape index (κ1) is 18.3. The number of fused-ring (bicyclic) bond motifs is 1. The minimum atomic E-state index is -3.47. The zero-order valence-electron chi connectivity index (χ0n) is 15.3. The number of benzene rings is 1. The predicted octanol–water partition coefficient (Wildman–Crippen LogP) is 2.63. The Labute approximate surface area is 141 Å². The van der Waals surface area contributed by atoms with E-state index in [1.165, 1.54) is 10.6 Å². The second-order valence-electron chi connectivity index (χ2n) is 7.32. The van der Waals surface area contributed by atoms with Crippen molar-refractivity contribution < 1.29 is 13.2 Å². The fourth-order valence-electron chi connectivity index (χ4n) is 3.48. The van der Waals surface area contributed by atoms with Gasteiger partial charge in [0.1, 0.15) is 19.2 Å². The first-order valence-electron chi connectivity index (χ1n) is 7.77. The quantitative estimate of drug-likeness (QED) is 0.781. The van der Waals surface area contributed by atoms with E-state index >= 15 is 0 Å². The zero-order chi connectivity index (χ0) is 18.0. The topological polar surface area (TPSA) is 46.6 Å². The molecular weight excluding hydrogens is 309 g/mol. The average molecular weight is 335 g/mol. The van der Waals surface area contributed by atoms with Crippen LogP contribution in [-0.2, 0) is 15.5 Å². The smallest absolute Gasteiger partial charge is 0.211 e. The molecule has 0 aliphatic carbocycles. The Morgan fingerprint density at radius 1 is 1.22 bits per heavy atom. The molecule has 0 saturated heterocycles. The minimum absolute atomic E-state index is 0.233. The fourth-order valence-corrected chi connectivity index (χ4v) is 4.28. The lowest BCUT2D eigenvalue weighted by molar-refractivity contribution is -0.0183. The molecule has 6 heteroatoms. The Hall–Kier alpha value is -1.01. The molecule has 126 valence electrons. The lowest BCUT2D eigenvalue weighted by Gasteiger charge is -2.54. The summed E-state index contributed by atoms with van der Waals surface area (Å²) in [4.78, 5) is 0. The van der Waals surface area contributed by atoms with Crippen molar-refractivity contribution >= 4 is 17.9 Å². The third-order valence-corrected chi connectivity index (χ3v) is 6.77. The summed E-state index contributed by atoms with van der Waals surface area (Å²) in [7, 11) is 4.88. The van der Waals surface area contributed by atoms with Crippen LogP contribution in [0.5, 0.6) is 5.75 Å².